The molecule has 0 bridgehead atoms. The van der Waals surface area contributed by atoms with Gasteiger partial charge in [-0.2, -0.15) is 13.2 Å². The molecule has 2 aromatic carbocycles. The zero-order valence-corrected chi connectivity index (χ0v) is 16.7. The fourth-order valence-electron chi connectivity index (χ4n) is 2.93. The molecule has 0 radical (unpaired) electrons. The maximum absolute atomic E-state index is 14.6. The lowest BCUT2D eigenvalue weighted by molar-refractivity contribution is -0.153. The van der Waals surface area contributed by atoms with Crippen molar-refractivity contribution in [2.24, 2.45) is 5.73 Å². The van der Waals surface area contributed by atoms with Crippen LogP contribution >= 0.6 is 0 Å². The Morgan fingerprint density at radius 1 is 1.10 bits per heavy atom. The van der Waals surface area contributed by atoms with Gasteiger partial charge in [0, 0.05) is 12.0 Å². The number of aliphatic carboxylic acids is 1. The van der Waals surface area contributed by atoms with Crippen molar-refractivity contribution in [2.75, 3.05) is 0 Å². The van der Waals surface area contributed by atoms with Crippen molar-refractivity contribution in [3.05, 3.63) is 70.5 Å². The predicted molar refractivity (Wildman–Crippen MR) is 102 cm³/mol. The van der Waals surface area contributed by atoms with Crippen LogP contribution in [0.5, 0.6) is 0 Å². The minimum absolute atomic E-state index is 0.0519. The second-order valence-electron chi connectivity index (χ2n) is 7.01. The largest absolute Gasteiger partial charge is 0.479 e. The van der Waals surface area contributed by atoms with E-state index in [4.69, 9.17) is 15.2 Å². The van der Waals surface area contributed by atoms with Crippen LogP contribution in [-0.2, 0) is 26.9 Å². The first-order chi connectivity index (χ1) is 14.4. The van der Waals surface area contributed by atoms with Crippen molar-refractivity contribution in [1.29, 1.82) is 0 Å². The van der Waals surface area contributed by atoms with Crippen LogP contribution in [0.25, 0.3) is 0 Å². The molecule has 3 N–H and O–H groups in total. The molecule has 0 heterocycles. The summed E-state index contributed by atoms with van der Waals surface area (Å²) < 4.78 is 63.3. The van der Waals surface area contributed by atoms with E-state index in [9.17, 15) is 32.3 Å². The van der Waals surface area contributed by atoms with E-state index in [2.05, 4.69) is 0 Å². The number of benzene rings is 2. The summed E-state index contributed by atoms with van der Waals surface area (Å²) in [6, 6.07) is 7.28. The number of rotatable bonds is 8. The van der Waals surface area contributed by atoms with Gasteiger partial charge in [-0.25, -0.2) is 14.0 Å². The molecule has 2 aromatic rings. The Hall–Kier alpha value is -3.14. The summed E-state index contributed by atoms with van der Waals surface area (Å²) >= 11 is 0. The summed E-state index contributed by atoms with van der Waals surface area (Å²) in [4.78, 5) is 22.8. The zero-order chi connectivity index (χ0) is 23.3. The average molecular weight is 443 g/mol. The fourth-order valence-corrected chi connectivity index (χ4v) is 2.93. The molecular weight excluding hydrogens is 422 g/mol. The molecule has 2 rings (SSSR count). The van der Waals surface area contributed by atoms with Crippen LogP contribution in [0.15, 0.2) is 42.5 Å². The number of halogens is 4. The number of primary amides is 1. The van der Waals surface area contributed by atoms with E-state index < -0.39 is 41.8 Å². The first kappa shape index (κ1) is 24.1. The van der Waals surface area contributed by atoms with E-state index >= 15 is 0 Å². The molecule has 0 saturated carbocycles. The third kappa shape index (κ3) is 6.68. The highest BCUT2D eigenvalue weighted by molar-refractivity contribution is 5.72. The van der Waals surface area contributed by atoms with Gasteiger partial charge in [0.05, 0.1) is 11.7 Å². The number of carboxylic acids is 1. The lowest BCUT2D eigenvalue weighted by Gasteiger charge is -2.21. The van der Waals surface area contributed by atoms with Crippen molar-refractivity contribution in [3.63, 3.8) is 0 Å². The van der Waals surface area contributed by atoms with Gasteiger partial charge in [-0.05, 0) is 49.2 Å². The highest BCUT2D eigenvalue weighted by atomic mass is 19.4. The second-order valence-corrected chi connectivity index (χ2v) is 7.01. The number of amides is 1. The third-order valence-electron chi connectivity index (χ3n) is 4.25. The van der Waals surface area contributed by atoms with Crippen molar-refractivity contribution in [1.82, 2.24) is 0 Å². The molecule has 0 aliphatic rings. The minimum Gasteiger partial charge on any atom is -0.479 e. The van der Waals surface area contributed by atoms with E-state index in [0.29, 0.717) is 5.56 Å². The van der Waals surface area contributed by atoms with Crippen LogP contribution < -0.4 is 5.73 Å². The zero-order valence-electron chi connectivity index (χ0n) is 16.7. The second kappa shape index (κ2) is 9.78. The highest BCUT2D eigenvalue weighted by Crippen LogP contribution is 2.33. The standard InChI is InChI=1S/C21H21F4NO5/c1-11(2)30-17(19(27)28)10-12-3-8-16(22)15(9-12)18(31-20(26)29)13-4-6-14(7-5-13)21(23,24)25/h3-9,11,17-18H,10H2,1-2H3,(H2,26,29)(H,27,28). The SMILES string of the molecule is CC(C)OC(Cc1ccc(F)c(C(OC(N)=O)c2ccc(C(F)(F)F)cc2)c1)C(=O)O. The summed E-state index contributed by atoms with van der Waals surface area (Å²) in [5, 5.41) is 9.33. The number of carbonyl (C=O) groups excluding carboxylic acids is 1. The summed E-state index contributed by atoms with van der Waals surface area (Å²) in [6.45, 7) is 3.32. The van der Waals surface area contributed by atoms with Crippen LogP contribution in [0.3, 0.4) is 0 Å². The Kier molecular flexibility index (Phi) is 7.61. The van der Waals surface area contributed by atoms with E-state index in [-0.39, 0.29) is 23.7 Å². The summed E-state index contributed by atoms with van der Waals surface area (Å²) in [7, 11) is 0. The molecule has 0 aromatic heterocycles. The molecule has 2 atom stereocenters. The predicted octanol–water partition coefficient (Wildman–Crippen LogP) is 4.45. The van der Waals surface area contributed by atoms with Crippen LogP contribution in [-0.4, -0.2) is 29.4 Å². The van der Waals surface area contributed by atoms with Crippen LogP contribution in [0.1, 0.15) is 42.2 Å². The van der Waals surface area contributed by atoms with E-state index in [1.54, 1.807) is 13.8 Å². The van der Waals surface area contributed by atoms with Crippen molar-refractivity contribution >= 4 is 12.1 Å². The molecular formula is C21H21F4NO5. The normalized spacial score (nSPS) is 13.6. The highest BCUT2D eigenvalue weighted by Gasteiger charge is 2.31. The topological polar surface area (TPSA) is 98.9 Å². The van der Waals surface area contributed by atoms with Gasteiger partial charge in [0.1, 0.15) is 5.82 Å². The van der Waals surface area contributed by atoms with Crippen LogP contribution in [0.4, 0.5) is 22.4 Å². The first-order valence-corrected chi connectivity index (χ1v) is 9.18. The molecule has 6 nitrogen and oxygen atoms in total. The van der Waals surface area contributed by atoms with Gasteiger partial charge < -0.3 is 20.3 Å². The van der Waals surface area contributed by atoms with Gasteiger partial charge in [-0.3, -0.25) is 0 Å². The molecule has 2 unspecified atom stereocenters. The Balaban J connectivity index is 2.43. The molecule has 1 amide bonds. The van der Waals surface area contributed by atoms with Gasteiger partial charge in [-0.15, -0.1) is 0 Å². The number of carboxylic acid groups (broad SMARTS) is 1. The van der Waals surface area contributed by atoms with Crippen LogP contribution in [0, 0.1) is 5.82 Å². The Morgan fingerprint density at radius 3 is 2.19 bits per heavy atom. The number of hydrogen-bond donors (Lipinski definition) is 2. The first-order valence-electron chi connectivity index (χ1n) is 9.18. The molecule has 0 aliphatic carbocycles. The number of carbonyl (C=O) groups is 2. The minimum atomic E-state index is -4.58. The number of nitrogens with two attached hydrogens (primary N) is 1. The Labute approximate surface area is 175 Å². The van der Waals surface area contributed by atoms with Gasteiger partial charge in [-0.1, -0.05) is 18.2 Å². The molecule has 0 spiro atoms. The van der Waals surface area contributed by atoms with Gasteiger partial charge in [0.15, 0.2) is 12.2 Å². The van der Waals surface area contributed by atoms with Crippen molar-refractivity contribution in [3.8, 4) is 0 Å². The smallest absolute Gasteiger partial charge is 0.416 e. The molecule has 31 heavy (non-hydrogen) atoms. The lowest BCUT2D eigenvalue weighted by Crippen LogP contribution is -2.29. The number of alkyl halides is 3. The van der Waals surface area contributed by atoms with Crippen LogP contribution in [0.2, 0.25) is 0 Å². The number of hydrogen-bond acceptors (Lipinski definition) is 4. The van der Waals surface area contributed by atoms with Gasteiger partial charge in [0.25, 0.3) is 0 Å². The third-order valence-corrected chi connectivity index (χ3v) is 4.25. The Morgan fingerprint density at radius 2 is 1.71 bits per heavy atom. The average Bonchev–Trinajstić information content (AvgIpc) is 2.66. The van der Waals surface area contributed by atoms with Gasteiger partial charge in [0.2, 0.25) is 0 Å². The molecule has 10 heteroatoms. The molecule has 0 aliphatic heterocycles. The van der Waals surface area contributed by atoms with E-state index in [1.165, 1.54) is 12.1 Å². The fraction of sp³-hybridized carbons (Fsp3) is 0.333. The Bertz CT molecular complexity index is 928. The van der Waals surface area contributed by atoms with Crippen molar-refractivity contribution in [2.45, 2.75) is 44.8 Å². The molecule has 168 valence electrons. The summed E-state index contributed by atoms with van der Waals surface area (Å²) in [5.41, 5.74) is 4.36. The monoisotopic (exact) mass is 443 g/mol. The van der Waals surface area contributed by atoms with E-state index in [1.807, 2.05) is 0 Å². The van der Waals surface area contributed by atoms with E-state index in [0.717, 1.165) is 30.3 Å². The quantitative estimate of drug-likeness (QED) is 0.588. The lowest BCUT2D eigenvalue weighted by atomic mass is 9.96. The summed E-state index contributed by atoms with van der Waals surface area (Å²) in [6.07, 6.45) is -8.97. The van der Waals surface area contributed by atoms with Crippen molar-refractivity contribution < 1.29 is 41.7 Å². The molecule has 0 saturated heterocycles. The molecule has 0 fully saturated rings. The maximum atomic E-state index is 14.6. The summed E-state index contributed by atoms with van der Waals surface area (Å²) in [5.74, 6) is -2.03. The van der Waals surface area contributed by atoms with Gasteiger partial charge >= 0.3 is 18.2 Å². The maximum Gasteiger partial charge on any atom is 0.416 e. The number of ether oxygens (including phenoxy) is 2.